The van der Waals surface area contributed by atoms with E-state index in [9.17, 15) is 4.79 Å². The number of fused-ring (bicyclic) bond motifs is 1. The van der Waals surface area contributed by atoms with E-state index in [1.54, 1.807) is 4.68 Å². The molecule has 0 saturated carbocycles. The van der Waals surface area contributed by atoms with E-state index < -0.39 is 0 Å². The zero-order valence-electron chi connectivity index (χ0n) is 15.5. The van der Waals surface area contributed by atoms with Crippen molar-refractivity contribution in [3.63, 3.8) is 0 Å². The molecule has 0 N–H and O–H groups in total. The molecule has 0 spiro atoms. The molecule has 1 saturated heterocycles. The summed E-state index contributed by atoms with van der Waals surface area (Å²) in [6.07, 6.45) is 8.93. The first kappa shape index (κ1) is 17.3. The number of hydrogen-bond donors (Lipinski definition) is 0. The van der Waals surface area contributed by atoms with Crippen molar-refractivity contribution in [2.24, 2.45) is 7.05 Å². The van der Waals surface area contributed by atoms with Gasteiger partial charge in [0.1, 0.15) is 0 Å². The Kier molecular flexibility index (Phi) is 5.06. The van der Waals surface area contributed by atoms with Crippen molar-refractivity contribution in [2.75, 3.05) is 19.6 Å². The lowest BCUT2D eigenvalue weighted by atomic mass is 10.1. The fourth-order valence-electron chi connectivity index (χ4n) is 4.16. The summed E-state index contributed by atoms with van der Waals surface area (Å²) < 4.78 is 3.81. The normalized spacial score (nSPS) is 21.4. The fourth-order valence-corrected chi connectivity index (χ4v) is 4.16. The Labute approximate surface area is 154 Å². The molecule has 26 heavy (non-hydrogen) atoms. The summed E-state index contributed by atoms with van der Waals surface area (Å²) in [7, 11) is 1.89. The van der Waals surface area contributed by atoms with Crippen LogP contribution in [0.1, 0.15) is 37.1 Å². The van der Waals surface area contributed by atoms with Crippen LogP contribution in [0.15, 0.2) is 24.5 Å². The highest BCUT2D eigenvalue weighted by molar-refractivity contribution is 5.78. The van der Waals surface area contributed by atoms with Gasteiger partial charge in [-0.1, -0.05) is 6.42 Å². The SMILES string of the molecule is Cn1ccc(CC(=O)N2Cc3ccnn3CCC2CN2CCCCC2)n1. The van der Waals surface area contributed by atoms with Crippen LogP contribution in [0.5, 0.6) is 0 Å². The highest BCUT2D eigenvalue weighted by atomic mass is 16.2. The first-order valence-corrected chi connectivity index (χ1v) is 9.70. The zero-order valence-corrected chi connectivity index (χ0v) is 15.5. The summed E-state index contributed by atoms with van der Waals surface area (Å²) in [6, 6.07) is 4.20. The molecule has 140 valence electrons. The van der Waals surface area contributed by atoms with E-state index in [2.05, 4.69) is 24.7 Å². The second-order valence-corrected chi connectivity index (χ2v) is 7.53. The monoisotopic (exact) mass is 356 g/mol. The standard InChI is InChI=1S/C19H28N6O/c1-22-11-6-16(21-22)13-19(26)24-15-18-5-8-20-25(18)12-7-17(24)14-23-9-3-2-4-10-23/h5-6,8,11,17H,2-4,7,9-10,12-15H2,1H3. The predicted molar refractivity (Wildman–Crippen MR) is 98.4 cm³/mol. The molecular weight excluding hydrogens is 328 g/mol. The fraction of sp³-hybridized carbons (Fsp3) is 0.632. The molecule has 1 fully saturated rings. The van der Waals surface area contributed by atoms with Crippen molar-refractivity contribution in [2.45, 2.75) is 51.2 Å². The molecule has 2 aliphatic heterocycles. The van der Waals surface area contributed by atoms with Gasteiger partial charge in [0.25, 0.3) is 0 Å². The van der Waals surface area contributed by atoms with Gasteiger partial charge in [-0.3, -0.25) is 14.2 Å². The van der Waals surface area contributed by atoms with E-state index in [1.165, 1.54) is 19.3 Å². The van der Waals surface area contributed by atoms with Crippen molar-refractivity contribution in [3.05, 3.63) is 35.9 Å². The molecule has 0 bridgehead atoms. The average Bonchev–Trinajstić information content (AvgIpc) is 3.22. The van der Waals surface area contributed by atoms with Crippen molar-refractivity contribution < 1.29 is 4.79 Å². The molecule has 7 heteroatoms. The third kappa shape index (κ3) is 3.82. The lowest BCUT2D eigenvalue weighted by Gasteiger charge is -2.35. The van der Waals surface area contributed by atoms with Gasteiger partial charge in [-0.2, -0.15) is 10.2 Å². The molecule has 2 aromatic heterocycles. The smallest absolute Gasteiger partial charge is 0.229 e. The molecule has 7 nitrogen and oxygen atoms in total. The van der Waals surface area contributed by atoms with Gasteiger partial charge in [-0.05, 0) is 44.5 Å². The Balaban J connectivity index is 1.51. The van der Waals surface area contributed by atoms with Gasteiger partial charge in [0, 0.05) is 38.6 Å². The Morgan fingerprint density at radius 3 is 2.81 bits per heavy atom. The number of hydrogen-bond acceptors (Lipinski definition) is 4. The van der Waals surface area contributed by atoms with Gasteiger partial charge in [0.2, 0.25) is 5.91 Å². The van der Waals surface area contributed by atoms with E-state index in [1.807, 2.05) is 31.6 Å². The highest BCUT2D eigenvalue weighted by Gasteiger charge is 2.30. The Hall–Kier alpha value is -2.15. The van der Waals surface area contributed by atoms with Crippen molar-refractivity contribution in [1.29, 1.82) is 0 Å². The summed E-state index contributed by atoms with van der Waals surface area (Å²) in [4.78, 5) is 17.7. The van der Waals surface area contributed by atoms with Crippen LogP contribution < -0.4 is 0 Å². The highest BCUT2D eigenvalue weighted by Crippen LogP contribution is 2.21. The number of amides is 1. The molecule has 4 rings (SSSR count). The molecule has 0 aliphatic carbocycles. The van der Waals surface area contributed by atoms with E-state index in [-0.39, 0.29) is 11.9 Å². The summed E-state index contributed by atoms with van der Waals surface area (Å²) in [5.41, 5.74) is 1.97. The van der Waals surface area contributed by atoms with Crippen LogP contribution in [-0.2, 0) is 31.4 Å². The third-order valence-corrected chi connectivity index (χ3v) is 5.59. The Bertz CT molecular complexity index is 745. The van der Waals surface area contributed by atoms with Crippen LogP contribution in [0.4, 0.5) is 0 Å². The van der Waals surface area contributed by atoms with Crippen LogP contribution in [0.2, 0.25) is 0 Å². The molecule has 2 aromatic rings. The van der Waals surface area contributed by atoms with Gasteiger partial charge in [-0.15, -0.1) is 0 Å². The molecule has 0 aromatic carbocycles. The second kappa shape index (κ2) is 7.61. The lowest BCUT2D eigenvalue weighted by Crippen LogP contribution is -2.47. The van der Waals surface area contributed by atoms with Crippen molar-refractivity contribution in [1.82, 2.24) is 29.4 Å². The maximum Gasteiger partial charge on any atom is 0.229 e. The summed E-state index contributed by atoms with van der Waals surface area (Å²) >= 11 is 0. The number of aryl methyl sites for hydroxylation is 2. The van der Waals surface area contributed by atoms with Crippen molar-refractivity contribution >= 4 is 5.91 Å². The third-order valence-electron chi connectivity index (χ3n) is 5.59. The number of piperidine rings is 1. The zero-order chi connectivity index (χ0) is 17.9. The van der Waals surface area contributed by atoms with Gasteiger partial charge in [0.15, 0.2) is 0 Å². The number of carbonyl (C=O) groups excluding carboxylic acids is 1. The largest absolute Gasteiger partial charge is 0.332 e. The van der Waals surface area contributed by atoms with E-state index in [4.69, 9.17) is 0 Å². The van der Waals surface area contributed by atoms with E-state index >= 15 is 0 Å². The first-order valence-electron chi connectivity index (χ1n) is 9.70. The van der Waals surface area contributed by atoms with Crippen LogP contribution in [-0.4, -0.2) is 60.9 Å². The molecule has 2 aliphatic rings. The van der Waals surface area contributed by atoms with Gasteiger partial charge < -0.3 is 9.80 Å². The molecule has 1 amide bonds. The van der Waals surface area contributed by atoms with Crippen LogP contribution in [0.3, 0.4) is 0 Å². The van der Waals surface area contributed by atoms with Crippen LogP contribution >= 0.6 is 0 Å². The number of aromatic nitrogens is 4. The molecule has 1 unspecified atom stereocenters. The minimum atomic E-state index is 0.167. The minimum Gasteiger partial charge on any atom is -0.332 e. The quantitative estimate of drug-likeness (QED) is 0.832. The second-order valence-electron chi connectivity index (χ2n) is 7.53. The minimum absolute atomic E-state index is 0.167. The molecule has 1 atom stereocenters. The summed E-state index contributed by atoms with van der Waals surface area (Å²) in [5.74, 6) is 0.167. The number of rotatable bonds is 4. The maximum atomic E-state index is 13.1. The molecular formula is C19H28N6O. The van der Waals surface area contributed by atoms with Crippen LogP contribution in [0, 0.1) is 0 Å². The van der Waals surface area contributed by atoms with Crippen molar-refractivity contribution in [3.8, 4) is 0 Å². The maximum absolute atomic E-state index is 13.1. The number of carbonyl (C=O) groups is 1. The lowest BCUT2D eigenvalue weighted by molar-refractivity contribution is -0.134. The van der Waals surface area contributed by atoms with Gasteiger partial charge in [-0.25, -0.2) is 0 Å². The topological polar surface area (TPSA) is 59.2 Å². The van der Waals surface area contributed by atoms with Gasteiger partial charge in [0.05, 0.1) is 24.4 Å². The average molecular weight is 356 g/mol. The molecule has 4 heterocycles. The predicted octanol–water partition coefficient (Wildman–Crippen LogP) is 1.45. The van der Waals surface area contributed by atoms with Gasteiger partial charge >= 0.3 is 0 Å². The summed E-state index contributed by atoms with van der Waals surface area (Å²) in [6.45, 7) is 4.81. The number of nitrogens with zero attached hydrogens (tertiary/aromatic N) is 6. The van der Waals surface area contributed by atoms with E-state index in [0.29, 0.717) is 13.0 Å². The Morgan fingerprint density at radius 2 is 2.04 bits per heavy atom. The Morgan fingerprint density at radius 1 is 1.19 bits per heavy atom. The van der Waals surface area contributed by atoms with E-state index in [0.717, 1.165) is 44.0 Å². The molecule has 0 radical (unpaired) electrons. The van der Waals surface area contributed by atoms with Crippen LogP contribution in [0.25, 0.3) is 0 Å². The number of likely N-dealkylation sites (tertiary alicyclic amines) is 1. The first-order chi connectivity index (χ1) is 12.7. The summed E-state index contributed by atoms with van der Waals surface area (Å²) in [5, 5.41) is 8.81.